The zero-order chi connectivity index (χ0) is 13.7. The number of rotatable bonds is 7. The summed E-state index contributed by atoms with van der Waals surface area (Å²) in [6.45, 7) is 1.47. The van der Waals surface area contributed by atoms with E-state index in [-0.39, 0.29) is 5.91 Å². The Morgan fingerprint density at radius 1 is 1.37 bits per heavy atom. The van der Waals surface area contributed by atoms with Gasteiger partial charge in [0.25, 0.3) is 0 Å². The molecule has 1 saturated carbocycles. The molecule has 1 aliphatic carbocycles. The van der Waals surface area contributed by atoms with E-state index in [4.69, 9.17) is 10.5 Å². The quantitative estimate of drug-likeness (QED) is 0.782. The van der Waals surface area contributed by atoms with Gasteiger partial charge in [0.2, 0.25) is 5.91 Å². The number of ether oxygens (including phenoxy) is 1. The van der Waals surface area contributed by atoms with E-state index in [0.29, 0.717) is 18.4 Å². The molecule has 1 aromatic rings. The van der Waals surface area contributed by atoms with Crippen molar-refractivity contribution in [3.8, 4) is 5.75 Å². The molecule has 2 rings (SSSR count). The number of hydrogen-bond donors (Lipinski definition) is 2. The van der Waals surface area contributed by atoms with E-state index >= 15 is 0 Å². The van der Waals surface area contributed by atoms with Crippen molar-refractivity contribution in [2.75, 3.05) is 20.2 Å². The number of nitrogens with one attached hydrogen (secondary N) is 1. The van der Waals surface area contributed by atoms with Gasteiger partial charge in [0.05, 0.1) is 13.5 Å². The van der Waals surface area contributed by atoms with Crippen LogP contribution in [-0.2, 0) is 11.2 Å². The highest BCUT2D eigenvalue weighted by Gasteiger charge is 2.41. The molecule has 0 aromatic heterocycles. The molecule has 0 heterocycles. The minimum absolute atomic E-state index is 0.0773. The molecule has 1 amide bonds. The Bertz CT molecular complexity index is 424. The fraction of sp³-hybridized carbons (Fsp3) is 0.533. The van der Waals surface area contributed by atoms with Crippen LogP contribution in [0.15, 0.2) is 24.3 Å². The first-order chi connectivity index (χ1) is 9.17. The van der Waals surface area contributed by atoms with Crippen molar-refractivity contribution in [3.05, 3.63) is 29.8 Å². The van der Waals surface area contributed by atoms with Gasteiger partial charge in [-0.25, -0.2) is 0 Å². The van der Waals surface area contributed by atoms with Crippen LogP contribution in [0.1, 0.15) is 24.8 Å². The summed E-state index contributed by atoms with van der Waals surface area (Å²) in [6.07, 6.45) is 3.80. The summed E-state index contributed by atoms with van der Waals surface area (Å²) in [4.78, 5) is 11.9. The molecule has 1 fully saturated rings. The summed E-state index contributed by atoms with van der Waals surface area (Å²) in [5.74, 6) is 0.887. The van der Waals surface area contributed by atoms with E-state index < -0.39 is 0 Å². The maximum Gasteiger partial charge on any atom is 0.224 e. The number of hydrogen-bond acceptors (Lipinski definition) is 3. The molecule has 104 valence electrons. The second-order valence-corrected chi connectivity index (χ2v) is 5.34. The highest BCUT2D eigenvalue weighted by molar-refractivity contribution is 5.78. The third-order valence-corrected chi connectivity index (χ3v) is 3.82. The lowest BCUT2D eigenvalue weighted by Gasteiger charge is -2.14. The van der Waals surface area contributed by atoms with Gasteiger partial charge in [0.1, 0.15) is 5.75 Å². The highest BCUT2D eigenvalue weighted by atomic mass is 16.5. The van der Waals surface area contributed by atoms with Gasteiger partial charge in [0.15, 0.2) is 0 Å². The minimum Gasteiger partial charge on any atom is -0.497 e. The van der Waals surface area contributed by atoms with Crippen LogP contribution in [0.2, 0.25) is 0 Å². The van der Waals surface area contributed by atoms with E-state index in [1.807, 2.05) is 24.3 Å². The molecular weight excluding hydrogens is 240 g/mol. The summed E-state index contributed by atoms with van der Waals surface area (Å²) in [6, 6.07) is 7.59. The lowest BCUT2D eigenvalue weighted by Crippen LogP contribution is -2.32. The van der Waals surface area contributed by atoms with E-state index in [0.717, 1.165) is 24.3 Å². The Labute approximate surface area is 114 Å². The number of carbonyl (C=O) groups is 1. The Morgan fingerprint density at radius 2 is 2.05 bits per heavy atom. The van der Waals surface area contributed by atoms with Crippen molar-refractivity contribution in [1.29, 1.82) is 0 Å². The van der Waals surface area contributed by atoms with Gasteiger partial charge in [-0.3, -0.25) is 4.79 Å². The molecule has 0 radical (unpaired) electrons. The van der Waals surface area contributed by atoms with Crippen LogP contribution >= 0.6 is 0 Å². The van der Waals surface area contributed by atoms with E-state index in [1.54, 1.807) is 7.11 Å². The van der Waals surface area contributed by atoms with Gasteiger partial charge in [0, 0.05) is 6.54 Å². The molecule has 3 N–H and O–H groups in total. The van der Waals surface area contributed by atoms with Crippen molar-refractivity contribution < 1.29 is 9.53 Å². The standard InChI is InChI=1S/C15H22N2O2/c1-19-13-4-2-12(3-5-13)10-14(18)17-11-15(6-7-15)8-9-16/h2-5H,6-11,16H2,1H3,(H,17,18). The monoisotopic (exact) mass is 262 g/mol. The van der Waals surface area contributed by atoms with E-state index in [2.05, 4.69) is 5.32 Å². The van der Waals surface area contributed by atoms with Crippen molar-refractivity contribution in [2.45, 2.75) is 25.7 Å². The molecule has 1 aliphatic rings. The van der Waals surface area contributed by atoms with Gasteiger partial charge in [-0.1, -0.05) is 12.1 Å². The van der Waals surface area contributed by atoms with Crippen LogP contribution in [-0.4, -0.2) is 26.1 Å². The van der Waals surface area contributed by atoms with Crippen LogP contribution in [0.3, 0.4) is 0 Å². The molecule has 0 unspecified atom stereocenters. The van der Waals surface area contributed by atoms with Crippen molar-refractivity contribution in [1.82, 2.24) is 5.32 Å². The minimum atomic E-state index is 0.0773. The Hall–Kier alpha value is -1.55. The predicted molar refractivity (Wildman–Crippen MR) is 75.0 cm³/mol. The van der Waals surface area contributed by atoms with Crippen molar-refractivity contribution in [3.63, 3.8) is 0 Å². The molecule has 0 atom stereocenters. The third kappa shape index (κ3) is 3.96. The molecule has 19 heavy (non-hydrogen) atoms. The normalized spacial score (nSPS) is 15.9. The first-order valence-electron chi connectivity index (χ1n) is 6.77. The second kappa shape index (κ2) is 6.06. The molecule has 0 saturated heterocycles. The maximum atomic E-state index is 11.9. The summed E-state index contributed by atoms with van der Waals surface area (Å²) < 4.78 is 5.09. The number of benzene rings is 1. The summed E-state index contributed by atoms with van der Waals surface area (Å²) in [7, 11) is 1.63. The van der Waals surface area contributed by atoms with Crippen molar-refractivity contribution >= 4 is 5.91 Å². The first-order valence-corrected chi connectivity index (χ1v) is 6.77. The Balaban J connectivity index is 1.77. The van der Waals surface area contributed by atoms with Gasteiger partial charge < -0.3 is 15.8 Å². The van der Waals surface area contributed by atoms with Crippen LogP contribution in [0.25, 0.3) is 0 Å². The number of carbonyl (C=O) groups excluding carboxylic acids is 1. The number of nitrogens with two attached hydrogens (primary N) is 1. The molecular formula is C15H22N2O2. The Morgan fingerprint density at radius 3 is 2.58 bits per heavy atom. The molecule has 1 aromatic carbocycles. The van der Waals surface area contributed by atoms with Crippen LogP contribution in [0, 0.1) is 5.41 Å². The molecule has 4 nitrogen and oxygen atoms in total. The van der Waals surface area contributed by atoms with Gasteiger partial charge >= 0.3 is 0 Å². The first kappa shape index (κ1) is 13.9. The summed E-state index contributed by atoms with van der Waals surface area (Å²) in [5, 5.41) is 3.02. The van der Waals surface area contributed by atoms with E-state index in [1.165, 1.54) is 12.8 Å². The fourth-order valence-electron chi connectivity index (χ4n) is 2.28. The van der Waals surface area contributed by atoms with Crippen LogP contribution in [0.5, 0.6) is 5.75 Å². The number of methoxy groups -OCH3 is 1. The largest absolute Gasteiger partial charge is 0.497 e. The maximum absolute atomic E-state index is 11.9. The van der Waals surface area contributed by atoms with Gasteiger partial charge in [-0.15, -0.1) is 0 Å². The molecule has 0 bridgehead atoms. The zero-order valence-electron chi connectivity index (χ0n) is 11.4. The Kier molecular flexibility index (Phi) is 4.43. The molecule has 0 aliphatic heterocycles. The second-order valence-electron chi connectivity index (χ2n) is 5.34. The third-order valence-electron chi connectivity index (χ3n) is 3.82. The lowest BCUT2D eigenvalue weighted by atomic mass is 10.0. The smallest absolute Gasteiger partial charge is 0.224 e. The average Bonchev–Trinajstić information content (AvgIpc) is 3.18. The zero-order valence-corrected chi connectivity index (χ0v) is 11.4. The molecule has 4 heteroatoms. The average molecular weight is 262 g/mol. The van der Waals surface area contributed by atoms with Crippen LogP contribution in [0.4, 0.5) is 0 Å². The van der Waals surface area contributed by atoms with E-state index in [9.17, 15) is 4.79 Å². The highest BCUT2D eigenvalue weighted by Crippen LogP contribution is 2.47. The topological polar surface area (TPSA) is 64.3 Å². The predicted octanol–water partition coefficient (Wildman–Crippen LogP) is 1.48. The molecule has 0 spiro atoms. The SMILES string of the molecule is COc1ccc(CC(=O)NCC2(CCN)CC2)cc1. The lowest BCUT2D eigenvalue weighted by molar-refractivity contribution is -0.120. The summed E-state index contributed by atoms with van der Waals surface area (Å²) in [5.41, 5.74) is 6.89. The van der Waals surface area contributed by atoms with Gasteiger partial charge in [-0.2, -0.15) is 0 Å². The van der Waals surface area contributed by atoms with Gasteiger partial charge in [-0.05, 0) is 48.9 Å². The fourth-order valence-corrected chi connectivity index (χ4v) is 2.28. The summed E-state index contributed by atoms with van der Waals surface area (Å²) >= 11 is 0. The van der Waals surface area contributed by atoms with Crippen LogP contribution < -0.4 is 15.8 Å². The number of amides is 1. The van der Waals surface area contributed by atoms with Crippen molar-refractivity contribution in [2.24, 2.45) is 11.1 Å².